The van der Waals surface area contributed by atoms with Gasteiger partial charge in [0.2, 0.25) is 5.91 Å². The van der Waals surface area contributed by atoms with Crippen LogP contribution < -0.4 is 5.32 Å². The molecule has 1 fully saturated rings. The second kappa shape index (κ2) is 13.5. The molecule has 2 aromatic carbocycles. The molecule has 38 heavy (non-hydrogen) atoms. The molecular weight excluding hydrogens is 478 g/mol. The van der Waals surface area contributed by atoms with Crippen LogP contribution in [-0.4, -0.2) is 59.6 Å². The summed E-state index contributed by atoms with van der Waals surface area (Å²) in [5.41, 5.74) is 4.03. The van der Waals surface area contributed by atoms with E-state index in [1.165, 1.54) is 12.7 Å². The smallest absolute Gasteiger partial charge is 0.309 e. The van der Waals surface area contributed by atoms with Gasteiger partial charge in [0, 0.05) is 44.5 Å². The van der Waals surface area contributed by atoms with Crippen molar-refractivity contribution in [1.82, 2.24) is 19.8 Å². The number of nitrogens with one attached hydrogen (secondary N) is 1. The number of hydrogen-bond acceptors (Lipinski definition) is 6. The molecule has 3 aromatic rings. The molecule has 4 rings (SSSR count). The highest BCUT2D eigenvalue weighted by Crippen LogP contribution is 2.24. The minimum Gasteiger partial charge on any atom is -0.469 e. The fourth-order valence-corrected chi connectivity index (χ4v) is 5.09. The van der Waals surface area contributed by atoms with E-state index in [0.29, 0.717) is 44.6 Å². The number of aryl methyl sites for hydroxylation is 1. The number of amides is 1. The van der Waals surface area contributed by atoms with Gasteiger partial charge in [-0.2, -0.15) is 5.26 Å². The lowest BCUT2D eigenvalue weighted by atomic mass is 9.88. The lowest BCUT2D eigenvalue weighted by Gasteiger charge is -2.36. The monoisotopic (exact) mass is 513 g/mol. The quantitative estimate of drug-likeness (QED) is 0.395. The maximum atomic E-state index is 13.1. The van der Waals surface area contributed by atoms with E-state index in [1.54, 1.807) is 6.33 Å². The Morgan fingerprint density at radius 1 is 1.05 bits per heavy atom. The molecule has 0 radical (unpaired) electrons. The van der Waals surface area contributed by atoms with Crippen molar-refractivity contribution in [3.63, 3.8) is 0 Å². The number of nitrogens with zero attached hydrogens (tertiary/aromatic N) is 4. The van der Waals surface area contributed by atoms with Crippen molar-refractivity contribution in [2.24, 2.45) is 11.8 Å². The average Bonchev–Trinajstić information content (AvgIpc) is 3.40. The lowest BCUT2D eigenvalue weighted by molar-refractivity contribution is -0.149. The Hall–Kier alpha value is -3.96. The normalized spacial score (nSPS) is 17.5. The third-order valence-electron chi connectivity index (χ3n) is 7.13. The zero-order valence-corrected chi connectivity index (χ0v) is 21.9. The molecule has 1 saturated heterocycles. The predicted molar refractivity (Wildman–Crippen MR) is 144 cm³/mol. The third kappa shape index (κ3) is 7.53. The van der Waals surface area contributed by atoms with Gasteiger partial charge < -0.3 is 19.5 Å². The van der Waals surface area contributed by atoms with Crippen molar-refractivity contribution < 1.29 is 14.3 Å². The molecule has 2 heterocycles. The van der Waals surface area contributed by atoms with Crippen LogP contribution in [-0.2, 0) is 33.7 Å². The SMILES string of the molecule is COC(=O)C1CC(C(=O)NCCc2cncn2Cc2ccc(C#N)cc2)CN(CCCc2ccccc2)C1. The number of carbonyl (C=O) groups excluding carboxylic acids is 2. The summed E-state index contributed by atoms with van der Waals surface area (Å²) in [6.07, 6.45) is 6.69. The minimum atomic E-state index is -0.296. The van der Waals surface area contributed by atoms with Crippen LogP contribution in [0, 0.1) is 23.2 Å². The molecular formula is C30H35N5O3. The number of methoxy groups -OCH3 is 1. The number of nitriles is 1. The maximum absolute atomic E-state index is 13.1. The van der Waals surface area contributed by atoms with Gasteiger partial charge in [-0.1, -0.05) is 42.5 Å². The first-order chi connectivity index (χ1) is 18.6. The number of benzene rings is 2. The third-order valence-corrected chi connectivity index (χ3v) is 7.13. The second-order valence-electron chi connectivity index (χ2n) is 9.86. The van der Waals surface area contributed by atoms with Gasteiger partial charge in [-0.15, -0.1) is 0 Å². The molecule has 1 aromatic heterocycles. The van der Waals surface area contributed by atoms with Gasteiger partial charge in [-0.25, -0.2) is 4.98 Å². The van der Waals surface area contributed by atoms with E-state index in [0.717, 1.165) is 30.6 Å². The van der Waals surface area contributed by atoms with Gasteiger partial charge in [-0.05, 0) is 49.1 Å². The fraction of sp³-hybridized carbons (Fsp3) is 0.400. The van der Waals surface area contributed by atoms with Gasteiger partial charge in [0.05, 0.1) is 36.9 Å². The van der Waals surface area contributed by atoms with E-state index < -0.39 is 0 Å². The average molecular weight is 514 g/mol. The lowest BCUT2D eigenvalue weighted by Crippen LogP contribution is -2.49. The number of rotatable bonds is 11. The highest BCUT2D eigenvalue weighted by atomic mass is 16.5. The number of imidazole rings is 1. The Balaban J connectivity index is 1.28. The summed E-state index contributed by atoms with van der Waals surface area (Å²) < 4.78 is 7.07. The topological polar surface area (TPSA) is 100 Å². The number of aromatic nitrogens is 2. The van der Waals surface area contributed by atoms with Crippen LogP contribution >= 0.6 is 0 Å². The molecule has 2 atom stereocenters. The highest BCUT2D eigenvalue weighted by molar-refractivity contribution is 5.80. The molecule has 8 heteroatoms. The Kier molecular flexibility index (Phi) is 9.65. The summed E-state index contributed by atoms with van der Waals surface area (Å²) in [6, 6.07) is 20.0. The first kappa shape index (κ1) is 27.1. The highest BCUT2D eigenvalue weighted by Gasteiger charge is 2.35. The van der Waals surface area contributed by atoms with Crippen LogP contribution in [0.5, 0.6) is 0 Å². The standard InChI is InChI=1S/C30H35N5O3/c1-38-30(37)27-16-26(20-34(21-27)15-5-8-23-6-3-2-4-7-23)29(36)33-14-13-28-18-32-22-35(28)19-25-11-9-24(17-31)10-12-25/h2-4,6-7,9-12,18,22,26-27H,5,8,13-16,19-21H2,1H3,(H,33,36). The van der Waals surface area contributed by atoms with E-state index in [9.17, 15) is 9.59 Å². The van der Waals surface area contributed by atoms with E-state index in [1.807, 2.05) is 48.7 Å². The van der Waals surface area contributed by atoms with Crippen molar-refractivity contribution in [3.05, 3.63) is 89.5 Å². The summed E-state index contributed by atoms with van der Waals surface area (Å²) in [6.45, 7) is 3.24. The number of carbonyl (C=O) groups is 2. The number of hydrogen-bond donors (Lipinski definition) is 1. The Labute approximate surface area is 224 Å². The molecule has 198 valence electrons. The summed E-state index contributed by atoms with van der Waals surface area (Å²) >= 11 is 0. The zero-order valence-electron chi connectivity index (χ0n) is 21.9. The van der Waals surface area contributed by atoms with Crippen LogP contribution in [0.4, 0.5) is 0 Å². The molecule has 0 bridgehead atoms. The van der Waals surface area contributed by atoms with Gasteiger partial charge in [0.25, 0.3) is 0 Å². The van der Waals surface area contributed by atoms with E-state index in [4.69, 9.17) is 10.00 Å². The maximum Gasteiger partial charge on any atom is 0.309 e. The molecule has 1 N–H and O–H groups in total. The molecule has 1 aliphatic heterocycles. The van der Waals surface area contributed by atoms with Gasteiger partial charge >= 0.3 is 5.97 Å². The summed E-state index contributed by atoms with van der Waals surface area (Å²) in [4.78, 5) is 32.0. The summed E-state index contributed by atoms with van der Waals surface area (Å²) in [5.74, 6) is -0.824. The van der Waals surface area contributed by atoms with Crippen LogP contribution in [0.1, 0.15) is 35.2 Å². The Morgan fingerprint density at radius 3 is 2.55 bits per heavy atom. The van der Waals surface area contributed by atoms with Crippen molar-refractivity contribution in [2.75, 3.05) is 33.3 Å². The van der Waals surface area contributed by atoms with Crippen LogP contribution in [0.3, 0.4) is 0 Å². The predicted octanol–water partition coefficient (Wildman–Crippen LogP) is 3.21. The Bertz CT molecular complexity index is 1230. The Morgan fingerprint density at radius 2 is 1.82 bits per heavy atom. The van der Waals surface area contributed by atoms with Crippen LogP contribution in [0.15, 0.2) is 67.1 Å². The van der Waals surface area contributed by atoms with Gasteiger partial charge in [0.1, 0.15) is 0 Å². The van der Waals surface area contributed by atoms with Crippen molar-refractivity contribution in [1.29, 1.82) is 5.26 Å². The number of likely N-dealkylation sites (tertiary alicyclic amines) is 1. The van der Waals surface area contributed by atoms with Gasteiger partial charge in [0.15, 0.2) is 0 Å². The van der Waals surface area contributed by atoms with E-state index >= 15 is 0 Å². The fourth-order valence-electron chi connectivity index (χ4n) is 5.09. The summed E-state index contributed by atoms with van der Waals surface area (Å²) in [5, 5.41) is 12.1. The van der Waals surface area contributed by atoms with E-state index in [2.05, 4.69) is 38.0 Å². The largest absolute Gasteiger partial charge is 0.469 e. The minimum absolute atomic E-state index is 0.0233. The van der Waals surface area contributed by atoms with Crippen molar-refractivity contribution in [3.8, 4) is 6.07 Å². The number of esters is 1. The van der Waals surface area contributed by atoms with Gasteiger partial charge in [-0.3, -0.25) is 9.59 Å². The molecule has 0 saturated carbocycles. The van der Waals surface area contributed by atoms with E-state index in [-0.39, 0.29) is 23.7 Å². The number of piperidine rings is 1. The van der Waals surface area contributed by atoms with Crippen LogP contribution in [0.25, 0.3) is 0 Å². The molecule has 2 unspecified atom stereocenters. The van der Waals surface area contributed by atoms with Crippen molar-refractivity contribution in [2.45, 2.75) is 32.2 Å². The first-order valence-electron chi connectivity index (χ1n) is 13.2. The number of ether oxygens (including phenoxy) is 1. The molecule has 1 amide bonds. The molecule has 1 aliphatic rings. The molecule has 8 nitrogen and oxygen atoms in total. The molecule has 0 spiro atoms. The summed E-state index contributed by atoms with van der Waals surface area (Å²) in [7, 11) is 1.41. The second-order valence-corrected chi connectivity index (χ2v) is 9.86. The zero-order chi connectivity index (χ0) is 26.7. The van der Waals surface area contributed by atoms with Crippen molar-refractivity contribution >= 4 is 11.9 Å². The first-order valence-corrected chi connectivity index (χ1v) is 13.2. The van der Waals surface area contributed by atoms with Crippen LogP contribution in [0.2, 0.25) is 0 Å². The molecule has 0 aliphatic carbocycles.